The summed E-state index contributed by atoms with van der Waals surface area (Å²) in [5.74, 6) is -0.281. The Morgan fingerprint density at radius 1 is 1.35 bits per heavy atom. The quantitative estimate of drug-likeness (QED) is 0.872. The van der Waals surface area contributed by atoms with E-state index in [1.165, 1.54) is 6.07 Å². The summed E-state index contributed by atoms with van der Waals surface area (Å²) in [5, 5.41) is 2.63. The van der Waals surface area contributed by atoms with Crippen LogP contribution < -0.4 is 15.8 Å². The van der Waals surface area contributed by atoms with Crippen LogP contribution in [0.15, 0.2) is 24.3 Å². The molecule has 0 aliphatic rings. The first kappa shape index (κ1) is 16.4. The van der Waals surface area contributed by atoms with Crippen molar-refractivity contribution in [1.29, 1.82) is 0 Å². The van der Waals surface area contributed by atoms with Gasteiger partial charge in [0.25, 0.3) is 0 Å². The van der Waals surface area contributed by atoms with Gasteiger partial charge in [0.1, 0.15) is 5.75 Å². The summed E-state index contributed by atoms with van der Waals surface area (Å²) in [6, 6.07) is 5.64. The molecule has 3 N–H and O–H groups in total. The zero-order valence-electron chi connectivity index (χ0n) is 11.8. The number of halogens is 2. The van der Waals surface area contributed by atoms with Crippen molar-refractivity contribution in [2.75, 3.05) is 0 Å². The number of ether oxygens (including phenoxy) is 1. The molecule has 0 bridgehead atoms. The van der Waals surface area contributed by atoms with E-state index in [9.17, 15) is 13.6 Å². The van der Waals surface area contributed by atoms with Crippen LogP contribution in [0.5, 0.6) is 5.75 Å². The molecule has 0 aliphatic heterocycles. The van der Waals surface area contributed by atoms with Crippen LogP contribution in [-0.4, -0.2) is 18.6 Å². The molecule has 1 rings (SSSR count). The Balaban J connectivity index is 2.68. The second-order valence-electron chi connectivity index (χ2n) is 5.55. The summed E-state index contributed by atoms with van der Waals surface area (Å²) < 4.78 is 28.9. The minimum absolute atomic E-state index is 0.0483. The summed E-state index contributed by atoms with van der Waals surface area (Å²) in [6.07, 6.45) is 0. The number of hydrogen-bond acceptors (Lipinski definition) is 3. The fourth-order valence-electron chi connectivity index (χ4n) is 1.55. The van der Waals surface area contributed by atoms with E-state index < -0.39 is 12.7 Å². The second kappa shape index (κ2) is 6.65. The molecule has 112 valence electrons. The Morgan fingerprint density at radius 2 is 1.95 bits per heavy atom. The van der Waals surface area contributed by atoms with Gasteiger partial charge in [-0.15, -0.1) is 0 Å². The molecule has 1 aromatic carbocycles. The Bertz CT molecular complexity index is 459. The summed E-state index contributed by atoms with van der Waals surface area (Å²) in [5.41, 5.74) is 5.92. The minimum Gasteiger partial charge on any atom is -0.434 e. The highest BCUT2D eigenvalue weighted by atomic mass is 19.3. The second-order valence-corrected chi connectivity index (χ2v) is 5.55. The van der Waals surface area contributed by atoms with E-state index in [4.69, 9.17) is 5.73 Å². The van der Waals surface area contributed by atoms with Gasteiger partial charge < -0.3 is 15.8 Å². The van der Waals surface area contributed by atoms with Gasteiger partial charge in [0.05, 0.1) is 6.04 Å². The Kier molecular flexibility index (Phi) is 5.44. The van der Waals surface area contributed by atoms with E-state index in [0.717, 1.165) is 0 Å². The third-order valence-electron chi connectivity index (χ3n) is 2.86. The van der Waals surface area contributed by atoms with E-state index in [1.54, 1.807) is 18.2 Å². The average Bonchev–Trinajstić information content (AvgIpc) is 2.34. The lowest BCUT2D eigenvalue weighted by Crippen LogP contribution is -2.48. The highest BCUT2D eigenvalue weighted by Crippen LogP contribution is 2.21. The Hall–Kier alpha value is -1.69. The van der Waals surface area contributed by atoms with Crippen molar-refractivity contribution < 1.29 is 18.3 Å². The molecule has 0 radical (unpaired) electrons. The third kappa shape index (κ3) is 4.77. The van der Waals surface area contributed by atoms with Gasteiger partial charge in [-0.3, -0.25) is 4.79 Å². The maximum absolute atomic E-state index is 12.3. The molecule has 20 heavy (non-hydrogen) atoms. The number of hydrogen-bond donors (Lipinski definition) is 2. The molecule has 6 heteroatoms. The van der Waals surface area contributed by atoms with Crippen LogP contribution in [0, 0.1) is 5.41 Å². The van der Waals surface area contributed by atoms with Gasteiger partial charge in [-0.2, -0.15) is 8.78 Å². The van der Waals surface area contributed by atoms with E-state index in [-0.39, 0.29) is 23.6 Å². The first-order chi connectivity index (χ1) is 9.21. The normalized spacial score (nSPS) is 13.2. The summed E-state index contributed by atoms with van der Waals surface area (Å²) in [4.78, 5) is 11.9. The lowest BCUT2D eigenvalue weighted by Gasteiger charge is -2.26. The summed E-state index contributed by atoms with van der Waals surface area (Å²) >= 11 is 0. The highest BCUT2D eigenvalue weighted by Gasteiger charge is 2.27. The molecule has 0 aliphatic carbocycles. The van der Waals surface area contributed by atoms with Gasteiger partial charge in [-0.1, -0.05) is 39.0 Å². The van der Waals surface area contributed by atoms with E-state index in [1.807, 2.05) is 20.8 Å². The van der Waals surface area contributed by atoms with Crippen molar-refractivity contribution in [2.45, 2.75) is 40.0 Å². The number of nitrogens with one attached hydrogen (secondary N) is 1. The predicted octanol–water partition coefficient (Wildman–Crippen LogP) is 2.28. The van der Waals surface area contributed by atoms with E-state index >= 15 is 0 Å². The van der Waals surface area contributed by atoms with Crippen molar-refractivity contribution in [1.82, 2.24) is 5.32 Å². The monoisotopic (exact) mass is 286 g/mol. The SMILES string of the molecule is CC(C)(C)[C@@H](N)C(=O)NCc1ccccc1OC(F)F. The number of nitrogens with two attached hydrogens (primary N) is 1. The van der Waals surface area contributed by atoms with Gasteiger partial charge in [-0.25, -0.2) is 0 Å². The largest absolute Gasteiger partial charge is 0.434 e. The number of carbonyl (C=O) groups excluding carboxylic acids is 1. The van der Waals surface area contributed by atoms with Crippen LogP contribution >= 0.6 is 0 Å². The number of rotatable bonds is 5. The third-order valence-corrected chi connectivity index (χ3v) is 2.86. The van der Waals surface area contributed by atoms with Crippen LogP contribution in [0.3, 0.4) is 0 Å². The number of amides is 1. The molecular formula is C14H20F2N2O2. The summed E-state index contributed by atoms with van der Waals surface area (Å²) in [6.45, 7) is 2.75. The van der Waals surface area contributed by atoms with Crippen LogP contribution in [0.2, 0.25) is 0 Å². The average molecular weight is 286 g/mol. The molecule has 0 fully saturated rings. The number of carbonyl (C=O) groups is 1. The Labute approximate surface area is 117 Å². The standard InChI is InChI=1S/C14H20F2N2O2/c1-14(2,3)11(17)12(19)18-8-9-6-4-5-7-10(9)20-13(15)16/h4-7,11,13H,8,17H2,1-3H3,(H,18,19)/t11-/m0/s1. The van der Waals surface area contributed by atoms with Crippen LogP contribution in [0.25, 0.3) is 0 Å². The predicted molar refractivity (Wildman–Crippen MR) is 72.4 cm³/mol. The molecular weight excluding hydrogens is 266 g/mol. The van der Waals surface area contributed by atoms with Gasteiger partial charge in [0, 0.05) is 12.1 Å². The Morgan fingerprint density at radius 3 is 2.50 bits per heavy atom. The zero-order chi connectivity index (χ0) is 15.3. The van der Waals surface area contributed by atoms with Crippen LogP contribution in [0.4, 0.5) is 8.78 Å². The minimum atomic E-state index is -2.90. The number of benzene rings is 1. The van der Waals surface area contributed by atoms with Crippen molar-refractivity contribution in [3.05, 3.63) is 29.8 Å². The lowest BCUT2D eigenvalue weighted by atomic mass is 9.87. The van der Waals surface area contributed by atoms with Crippen molar-refractivity contribution in [2.24, 2.45) is 11.1 Å². The van der Waals surface area contributed by atoms with Gasteiger partial charge in [0.15, 0.2) is 0 Å². The lowest BCUT2D eigenvalue weighted by molar-refractivity contribution is -0.124. The number of alkyl halides is 2. The maximum atomic E-state index is 12.3. The molecule has 1 atom stereocenters. The molecule has 0 spiro atoms. The molecule has 0 heterocycles. The molecule has 4 nitrogen and oxygen atoms in total. The van der Waals surface area contributed by atoms with Crippen molar-refractivity contribution in [3.63, 3.8) is 0 Å². The fraction of sp³-hybridized carbons (Fsp3) is 0.500. The van der Waals surface area contributed by atoms with Gasteiger partial charge in [-0.05, 0) is 11.5 Å². The topological polar surface area (TPSA) is 64.4 Å². The summed E-state index contributed by atoms with van der Waals surface area (Å²) in [7, 11) is 0. The molecule has 0 unspecified atom stereocenters. The van der Waals surface area contributed by atoms with E-state index in [0.29, 0.717) is 5.56 Å². The molecule has 0 aromatic heterocycles. The molecule has 1 amide bonds. The van der Waals surface area contributed by atoms with E-state index in [2.05, 4.69) is 10.1 Å². The smallest absolute Gasteiger partial charge is 0.387 e. The molecule has 0 saturated heterocycles. The van der Waals surface area contributed by atoms with Gasteiger partial charge in [0.2, 0.25) is 5.91 Å². The van der Waals surface area contributed by atoms with Crippen molar-refractivity contribution >= 4 is 5.91 Å². The maximum Gasteiger partial charge on any atom is 0.387 e. The highest BCUT2D eigenvalue weighted by molar-refractivity contribution is 5.82. The van der Waals surface area contributed by atoms with Gasteiger partial charge >= 0.3 is 6.61 Å². The first-order valence-corrected chi connectivity index (χ1v) is 6.28. The zero-order valence-corrected chi connectivity index (χ0v) is 11.8. The fourth-order valence-corrected chi connectivity index (χ4v) is 1.55. The first-order valence-electron chi connectivity index (χ1n) is 6.28. The number of para-hydroxylation sites is 1. The van der Waals surface area contributed by atoms with Crippen molar-refractivity contribution in [3.8, 4) is 5.75 Å². The molecule has 1 aromatic rings. The molecule has 0 saturated carbocycles. The van der Waals surface area contributed by atoms with Crippen LogP contribution in [-0.2, 0) is 11.3 Å². The van der Waals surface area contributed by atoms with Crippen LogP contribution in [0.1, 0.15) is 26.3 Å².